The van der Waals surface area contributed by atoms with Crippen LogP contribution in [0.3, 0.4) is 0 Å². The molecule has 2 heterocycles. The average Bonchev–Trinajstić information content (AvgIpc) is 2.73. The van der Waals surface area contributed by atoms with Crippen LogP contribution in [0.2, 0.25) is 0 Å². The molecule has 0 bridgehead atoms. The number of anilines is 1. The molecular formula is C21H20N4O2. The topological polar surface area (TPSA) is 84.0 Å². The highest BCUT2D eigenvalue weighted by molar-refractivity contribution is 6.05. The molecule has 0 spiro atoms. The Morgan fingerprint density at radius 2 is 1.63 bits per heavy atom. The predicted octanol–water partition coefficient (Wildman–Crippen LogP) is 3.22. The molecule has 0 aliphatic rings. The Bertz CT molecular complexity index is 924. The number of pyridine rings is 2. The molecule has 0 atom stereocenters. The molecule has 0 aliphatic carbocycles. The van der Waals surface area contributed by atoms with Crippen LogP contribution in [0.5, 0.6) is 0 Å². The highest BCUT2D eigenvalue weighted by atomic mass is 16.2. The van der Waals surface area contributed by atoms with Crippen molar-refractivity contribution in [3.8, 4) is 0 Å². The summed E-state index contributed by atoms with van der Waals surface area (Å²) in [5.41, 5.74) is 3.44. The summed E-state index contributed by atoms with van der Waals surface area (Å²) in [6.07, 6.45) is 7.17. The number of carbonyl (C=O) groups is 2. The fourth-order valence-corrected chi connectivity index (χ4v) is 2.50. The monoisotopic (exact) mass is 360 g/mol. The van der Waals surface area contributed by atoms with Crippen LogP contribution in [0, 0.1) is 0 Å². The molecule has 136 valence electrons. The molecule has 0 radical (unpaired) electrons. The summed E-state index contributed by atoms with van der Waals surface area (Å²) >= 11 is 0. The van der Waals surface area contributed by atoms with Gasteiger partial charge in [0, 0.05) is 37.0 Å². The second-order valence-corrected chi connectivity index (χ2v) is 6.01. The minimum absolute atomic E-state index is 0.298. The summed E-state index contributed by atoms with van der Waals surface area (Å²) in [4.78, 5) is 32.8. The molecule has 0 saturated carbocycles. The molecule has 2 N–H and O–H groups in total. The minimum atomic E-state index is -0.311. The van der Waals surface area contributed by atoms with Crippen LogP contribution in [0.25, 0.3) is 0 Å². The number of aryl methyl sites for hydroxylation is 1. The van der Waals surface area contributed by atoms with E-state index in [-0.39, 0.29) is 11.8 Å². The fourth-order valence-electron chi connectivity index (χ4n) is 2.50. The standard InChI is InChI=1S/C21H20N4O2/c1-2-15-5-7-19(8-6-15)25-21(27)18-10-17(13-23-14-18)20(26)24-12-16-4-3-9-22-11-16/h3-11,13-14H,2,12H2,1H3,(H,24,26)(H,25,27). The van der Waals surface area contributed by atoms with Crippen molar-refractivity contribution >= 4 is 17.5 Å². The molecule has 0 saturated heterocycles. The Balaban J connectivity index is 1.64. The maximum atomic E-state index is 12.4. The van der Waals surface area contributed by atoms with Gasteiger partial charge in [0.05, 0.1) is 11.1 Å². The van der Waals surface area contributed by atoms with Crippen molar-refractivity contribution in [3.05, 3.63) is 89.5 Å². The van der Waals surface area contributed by atoms with Crippen molar-refractivity contribution in [2.45, 2.75) is 19.9 Å². The van der Waals surface area contributed by atoms with E-state index in [1.54, 1.807) is 18.5 Å². The molecule has 3 rings (SSSR count). The van der Waals surface area contributed by atoms with Gasteiger partial charge in [0.1, 0.15) is 0 Å². The van der Waals surface area contributed by atoms with Gasteiger partial charge in [-0.1, -0.05) is 25.1 Å². The molecular weight excluding hydrogens is 340 g/mol. The Labute approximate surface area is 157 Å². The van der Waals surface area contributed by atoms with E-state index in [0.717, 1.165) is 12.0 Å². The highest BCUT2D eigenvalue weighted by Gasteiger charge is 2.12. The van der Waals surface area contributed by atoms with Crippen LogP contribution in [0.15, 0.2) is 67.3 Å². The van der Waals surface area contributed by atoms with Gasteiger partial charge < -0.3 is 10.6 Å². The van der Waals surface area contributed by atoms with E-state index in [0.29, 0.717) is 23.4 Å². The van der Waals surface area contributed by atoms with Gasteiger partial charge in [-0.15, -0.1) is 0 Å². The number of benzene rings is 1. The number of nitrogens with zero attached hydrogens (tertiary/aromatic N) is 2. The maximum Gasteiger partial charge on any atom is 0.257 e. The van der Waals surface area contributed by atoms with E-state index in [9.17, 15) is 9.59 Å². The first-order valence-electron chi connectivity index (χ1n) is 8.68. The quantitative estimate of drug-likeness (QED) is 0.707. The lowest BCUT2D eigenvalue weighted by atomic mass is 10.1. The molecule has 2 amide bonds. The van der Waals surface area contributed by atoms with Crippen LogP contribution < -0.4 is 10.6 Å². The van der Waals surface area contributed by atoms with E-state index in [1.807, 2.05) is 30.3 Å². The average molecular weight is 360 g/mol. The molecule has 0 unspecified atom stereocenters. The van der Waals surface area contributed by atoms with Crippen LogP contribution in [0.4, 0.5) is 5.69 Å². The van der Waals surface area contributed by atoms with E-state index in [1.165, 1.54) is 24.0 Å². The van der Waals surface area contributed by atoms with Crippen LogP contribution >= 0.6 is 0 Å². The fraction of sp³-hybridized carbons (Fsp3) is 0.143. The first-order chi connectivity index (χ1) is 13.2. The molecule has 3 aromatic rings. The SMILES string of the molecule is CCc1ccc(NC(=O)c2cncc(C(=O)NCc3cccnc3)c2)cc1. The second kappa shape index (κ2) is 8.71. The summed E-state index contributed by atoms with van der Waals surface area (Å²) < 4.78 is 0. The Morgan fingerprint density at radius 3 is 2.30 bits per heavy atom. The van der Waals surface area contributed by atoms with Gasteiger partial charge in [-0.05, 0) is 41.8 Å². The lowest BCUT2D eigenvalue weighted by Gasteiger charge is -2.08. The Kier molecular flexibility index (Phi) is 5.89. The van der Waals surface area contributed by atoms with Crippen molar-refractivity contribution in [1.29, 1.82) is 0 Å². The third kappa shape index (κ3) is 4.98. The molecule has 6 nitrogen and oxygen atoms in total. The summed E-state index contributed by atoms with van der Waals surface area (Å²) in [5, 5.41) is 5.61. The minimum Gasteiger partial charge on any atom is -0.348 e. The predicted molar refractivity (Wildman–Crippen MR) is 103 cm³/mol. The van der Waals surface area contributed by atoms with Crippen molar-refractivity contribution in [1.82, 2.24) is 15.3 Å². The van der Waals surface area contributed by atoms with E-state index in [2.05, 4.69) is 27.5 Å². The number of amides is 2. The van der Waals surface area contributed by atoms with Crippen molar-refractivity contribution < 1.29 is 9.59 Å². The number of nitrogens with one attached hydrogen (secondary N) is 2. The maximum absolute atomic E-state index is 12.4. The summed E-state index contributed by atoms with van der Waals surface area (Å²) in [5.74, 6) is -0.609. The van der Waals surface area contributed by atoms with Crippen LogP contribution in [-0.2, 0) is 13.0 Å². The molecule has 27 heavy (non-hydrogen) atoms. The normalized spacial score (nSPS) is 10.3. The first kappa shape index (κ1) is 18.3. The smallest absolute Gasteiger partial charge is 0.257 e. The number of aromatic nitrogens is 2. The van der Waals surface area contributed by atoms with E-state index < -0.39 is 0 Å². The van der Waals surface area contributed by atoms with Crippen molar-refractivity contribution in [2.24, 2.45) is 0 Å². The third-order valence-electron chi connectivity index (χ3n) is 4.06. The third-order valence-corrected chi connectivity index (χ3v) is 4.06. The van der Waals surface area contributed by atoms with Gasteiger partial charge in [-0.3, -0.25) is 19.6 Å². The summed E-state index contributed by atoms with van der Waals surface area (Å²) in [6, 6.07) is 12.9. The second-order valence-electron chi connectivity index (χ2n) is 6.01. The number of hydrogen-bond donors (Lipinski definition) is 2. The molecule has 6 heteroatoms. The van der Waals surface area contributed by atoms with Gasteiger partial charge in [0.25, 0.3) is 11.8 Å². The first-order valence-corrected chi connectivity index (χ1v) is 8.68. The number of hydrogen-bond acceptors (Lipinski definition) is 4. The zero-order chi connectivity index (χ0) is 19.1. The summed E-state index contributed by atoms with van der Waals surface area (Å²) in [6.45, 7) is 2.43. The highest BCUT2D eigenvalue weighted by Crippen LogP contribution is 2.12. The lowest BCUT2D eigenvalue weighted by Crippen LogP contribution is -2.23. The Morgan fingerprint density at radius 1 is 0.889 bits per heavy atom. The molecule has 0 aliphatic heterocycles. The Hall–Kier alpha value is -3.54. The summed E-state index contributed by atoms with van der Waals surface area (Å²) in [7, 11) is 0. The van der Waals surface area contributed by atoms with Gasteiger partial charge >= 0.3 is 0 Å². The zero-order valence-electron chi connectivity index (χ0n) is 15.0. The molecule has 1 aromatic carbocycles. The van der Waals surface area contributed by atoms with Crippen LogP contribution in [0.1, 0.15) is 38.8 Å². The molecule has 2 aromatic heterocycles. The van der Waals surface area contributed by atoms with Gasteiger partial charge in [0.15, 0.2) is 0 Å². The van der Waals surface area contributed by atoms with Gasteiger partial charge in [0.2, 0.25) is 0 Å². The van der Waals surface area contributed by atoms with E-state index in [4.69, 9.17) is 0 Å². The number of rotatable bonds is 6. The largest absolute Gasteiger partial charge is 0.348 e. The van der Waals surface area contributed by atoms with Crippen molar-refractivity contribution in [2.75, 3.05) is 5.32 Å². The number of carbonyl (C=O) groups excluding carboxylic acids is 2. The van der Waals surface area contributed by atoms with E-state index >= 15 is 0 Å². The van der Waals surface area contributed by atoms with Crippen LogP contribution in [-0.4, -0.2) is 21.8 Å². The van der Waals surface area contributed by atoms with Crippen molar-refractivity contribution in [3.63, 3.8) is 0 Å². The van der Waals surface area contributed by atoms with Gasteiger partial charge in [-0.25, -0.2) is 0 Å². The molecule has 0 fully saturated rings. The van der Waals surface area contributed by atoms with Gasteiger partial charge in [-0.2, -0.15) is 0 Å². The zero-order valence-corrected chi connectivity index (χ0v) is 15.0. The lowest BCUT2D eigenvalue weighted by molar-refractivity contribution is 0.0950.